The van der Waals surface area contributed by atoms with Gasteiger partial charge in [-0.15, -0.1) is 0 Å². The third-order valence-electron chi connectivity index (χ3n) is 3.70. The number of rotatable bonds is 6. The van der Waals surface area contributed by atoms with Gasteiger partial charge in [-0.25, -0.2) is 0 Å². The molecule has 0 aromatic heterocycles. The maximum absolute atomic E-state index is 11.9. The van der Waals surface area contributed by atoms with Crippen molar-refractivity contribution in [2.24, 2.45) is 5.41 Å². The van der Waals surface area contributed by atoms with E-state index in [1.54, 1.807) is 0 Å². The van der Waals surface area contributed by atoms with E-state index in [9.17, 15) is 20.1 Å². The minimum atomic E-state index is -0.338. The average molecular weight is 267 g/mol. The number of carbonyl (C=O) groups is 1. The lowest BCUT2D eigenvalue weighted by atomic mass is 9.83. The predicted molar refractivity (Wildman–Crippen MR) is 72.2 cm³/mol. The smallest absolute Gasteiger partial charge is 0.251 e. The summed E-state index contributed by atoms with van der Waals surface area (Å²) in [4.78, 5) is 11.9. The van der Waals surface area contributed by atoms with Crippen LogP contribution in [-0.4, -0.2) is 34.4 Å². The molecule has 0 spiro atoms. The summed E-state index contributed by atoms with van der Waals surface area (Å²) in [6, 6.07) is 3.91. The molecule has 5 nitrogen and oxygen atoms in total. The zero-order chi connectivity index (χ0) is 14.5. The normalized spacial score (nSPS) is 11.3. The molecule has 0 radical (unpaired) electrons. The maximum Gasteiger partial charge on any atom is 0.251 e. The summed E-state index contributed by atoms with van der Waals surface area (Å²) in [7, 11) is 0. The van der Waals surface area contributed by atoms with Crippen molar-refractivity contribution in [3.63, 3.8) is 0 Å². The number of nitrogens with one attached hydrogen (secondary N) is 1. The van der Waals surface area contributed by atoms with Gasteiger partial charge in [0.25, 0.3) is 5.91 Å². The standard InChI is InChI=1S/C14H21NO4/c1-3-14(4-2,9-16)8-15-13(19)10-5-6-11(17)12(18)7-10/h5-7,16-18H,3-4,8-9H2,1-2H3,(H,15,19). The largest absolute Gasteiger partial charge is 0.504 e. The molecule has 0 heterocycles. The van der Waals surface area contributed by atoms with Crippen molar-refractivity contribution in [3.8, 4) is 11.5 Å². The number of hydrogen-bond acceptors (Lipinski definition) is 4. The van der Waals surface area contributed by atoms with Crippen LogP contribution in [0.5, 0.6) is 11.5 Å². The van der Waals surface area contributed by atoms with Gasteiger partial charge in [0.2, 0.25) is 0 Å². The van der Waals surface area contributed by atoms with Gasteiger partial charge in [-0.05, 0) is 31.0 Å². The number of benzene rings is 1. The second-order valence-electron chi connectivity index (χ2n) is 4.75. The SMILES string of the molecule is CCC(CC)(CO)CNC(=O)c1ccc(O)c(O)c1. The fourth-order valence-electron chi connectivity index (χ4n) is 1.81. The van der Waals surface area contributed by atoms with E-state index in [4.69, 9.17) is 0 Å². The molecule has 0 fully saturated rings. The highest BCUT2D eigenvalue weighted by Crippen LogP contribution is 2.26. The Kier molecular flexibility index (Phi) is 5.18. The highest BCUT2D eigenvalue weighted by molar-refractivity contribution is 5.94. The Morgan fingerprint density at radius 1 is 1.21 bits per heavy atom. The van der Waals surface area contributed by atoms with Gasteiger partial charge in [0.15, 0.2) is 11.5 Å². The van der Waals surface area contributed by atoms with Crippen molar-refractivity contribution < 1.29 is 20.1 Å². The van der Waals surface area contributed by atoms with Crippen LogP contribution in [0, 0.1) is 5.41 Å². The Morgan fingerprint density at radius 3 is 2.32 bits per heavy atom. The Balaban J connectivity index is 2.72. The number of phenolic OH excluding ortho intramolecular Hbond substituents is 2. The van der Waals surface area contributed by atoms with E-state index in [0.717, 1.165) is 12.8 Å². The quantitative estimate of drug-likeness (QED) is 0.590. The van der Waals surface area contributed by atoms with E-state index >= 15 is 0 Å². The first kappa shape index (κ1) is 15.3. The molecule has 0 saturated carbocycles. The van der Waals surface area contributed by atoms with Crippen molar-refractivity contribution >= 4 is 5.91 Å². The monoisotopic (exact) mass is 267 g/mol. The van der Waals surface area contributed by atoms with Crippen LogP contribution in [0.3, 0.4) is 0 Å². The molecule has 19 heavy (non-hydrogen) atoms. The Hall–Kier alpha value is -1.75. The number of aromatic hydroxyl groups is 2. The van der Waals surface area contributed by atoms with Gasteiger partial charge in [0.1, 0.15) is 0 Å². The summed E-state index contributed by atoms with van der Waals surface area (Å²) in [6.07, 6.45) is 1.53. The van der Waals surface area contributed by atoms with Crippen molar-refractivity contribution in [1.82, 2.24) is 5.32 Å². The van der Waals surface area contributed by atoms with Crippen LogP contribution in [0.15, 0.2) is 18.2 Å². The van der Waals surface area contributed by atoms with Gasteiger partial charge >= 0.3 is 0 Å². The molecule has 1 amide bonds. The van der Waals surface area contributed by atoms with Crippen LogP contribution >= 0.6 is 0 Å². The average Bonchev–Trinajstić information content (AvgIpc) is 2.43. The molecule has 1 rings (SSSR count). The summed E-state index contributed by atoms with van der Waals surface area (Å²) in [5, 5.41) is 30.7. The number of carbonyl (C=O) groups excluding carboxylic acids is 1. The van der Waals surface area contributed by atoms with E-state index in [2.05, 4.69) is 5.32 Å². The van der Waals surface area contributed by atoms with E-state index in [1.165, 1.54) is 18.2 Å². The molecule has 0 unspecified atom stereocenters. The molecule has 106 valence electrons. The molecule has 1 aromatic rings. The van der Waals surface area contributed by atoms with Crippen LogP contribution in [0.4, 0.5) is 0 Å². The van der Waals surface area contributed by atoms with Gasteiger partial charge in [0.05, 0.1) is 6.61 Å². The van der Waals surface area contributed by atoms with Gasteiger partial charge in [-0.2, -0.15) is 0 Å². The summed E-state index contributed by atoms with van der Waals surface area (Å²) < 4.78 is 0. The fraction of sp³-hybridized carbons (Fsp3) is 0.500. The third kappa shape index (κ3) is 3.61. The fourth-order valence-corrected chi connectivity index (χ4v) is 1.81. The van der Waals surface area contributed by atoms with Gasteiger partial charge in [-0.1, -0.05) is 13.8 Å². The first-order valence-electron chi connectivity index (χ1n) is 6.39. The molecular formula is C14H21NO4. The van der Waals surface area contributed by atoms with E-state index < -0.39 is 0 Å². The zero-order valence-electron chi connectivity index (χ0n) is 11.3. The highest BCUT2D eigenvalue weighted by atomic mass is 16.3. The van der Waals surface area contributed by atoms with Crippen LogP contribution in [0.25, 0.3) is 0 Å². The topological polar surface area (TPSA) is 89.8 Å². The lowest BCUT2D eigenvalue weighted by molar-refractivity contribution is 0.0850. The maximum atomic E-state index is 11.9. The number of aliphatic hydroxyl groups is 1. The predicted octanol–water partition coefficient (Wildman–Crippen LogP) is 1.63. The number of hydrogen-bond donors (Lipinski definition) is 4. The second-order valence-corrected chi connectivity index (χ2v) is 4.75. The molecular weight excluding hydrogens is 246 g/mol. The Morgan fingerprint density at radius 2 is 1.84 bits per heavy atom. The first-order valence-corrected chi connectivity index (χ1v) is 6.39. The summed E-state index contributed by atoms with van der Waals surface area (Å²) in [5.74, 6) is -0.926. The zero-order valence-corrected chi connectivity index (χ0v) is 11.3. The Labute approximate surface area is 112 Å². The molecule has 4 N–H and O–H groups in total. The van der Waals surface area contributed by atoms with Crippen LogP contribution in [-0.2, 0) is 0 Å². The van der Waals surface area contributed by atoms with E-state index in [1.807, 2.05) is 13.8 Å². The molecule has 0 aliphatic carbocycles. The van der Waals surface area contributed by atoms with Crippen molar-refractivity contribution in [2.45, 2.75) is 26.7 Å². The van der Waals surface area contributed by atoms with Crippen molar-refractivity contribution in [3.05, 3.63) is 23.8 Å². The number of amides is 1. The molecule has 0 aliphatic heterocycles. The molecule has 0 saturated heterocycles. The third-order valence-corrected chi connectivity index (χ3v) is 3.70. The van der Waals surface area contributed by atoms with Gasteiger partial charge in [0, 0.05) is 17.5 Å². The highest BCUT2D eigenvalue weighted by Gasteiger charge is 2.26. The summed E-state index contributed by atoms with van der Waals surface area (Å²) in [6.45, 7) is 4.33. The second kappa shape index (κ2) is 6.43. The molecule has 1 aromatic carbocycles. The molecule has 0 atom stereocenters. The van der Waals surface area contributed by atoms with Crippen LogP contribution in [0.1, 0.15) is 37.0 Å². The van der Waals surface area contributed by atoms with E-state index in [0.29, 0.717) is 6.54 Å². The van der Waals surface area contributed by atoms with Crippen LogP contribution in [0.2, 0.25) is 0 Å². The first-order chi connectivity index (χ1) is 8.98. The molecule has 5 heteroatoms. The van der Waals surface area contributed by atoms with Crippen molar-refractivity contribution in [1.29, 1.82) is 0 Å². The summed E-state index contributed by atoms with van der Waals surface area (Å²) >= 11 is 0. The molecule has 0 bridgehead atoms. The Bertz CT molecular complexity index is 433. The number of aliphatic hydroxyl groups excluding tert-OH is 1. The summed E-state index contributed by atoms with van der Waals surface area (Å²) in [5.41, 5.74) is -0.0383. The molecule has 0 aliphatic rings. The van der Waals surface area contributed by atoms with Crippen LogP contribution < -0.4 is 5.32 Å². The van der Waals surface area contributed by atoms with E-state index in [-0.39, 0.29) is 35.0 Å². The van der Waals surface area contributed by atoms with Gasteiger partial charge in [-0.3, -0.25) is 4.79 Å². The van der Waals surface area contributed by atoms with Crippen molar-refractivity contribution in [2.75, 3.05) is 13.2 Å². The number of phenols is 2. The van der Waals surface area contributed by atoms with Gasteiger partial charge < -0.3 is 20.6 Å². The lowest BCUT2D eigenvalue weighted by Gasteiger charge is -2.29. The lowest BCUT2D eigenvalue weighted by Crippen LogP contribution is -2.39. The minimum absolute atomic E-state index is 0.0150. The minimum Gasteiger partial charge on any atom is -0.504 e.